The van der Waals surface area contributed by atoms with Gasteiger partial charge in [-0.2, -0.15) is 0 Å². The Morgan fingerprint density at radius 1 is 1.50 bits per heavy atom. The number of hydrogen-bond acceptors (Lipinski definition) is 4. The molecule has 0 aliphatic heterocycles. The second-order valence-electron chi connectivity index (χ2n) is 2.51. The fourth-order valence-corrected chi connectivity index (χ4v) is 0.912. The Morgan fingerprint density at radius 2 is 2.08 bits per heavy atom. The molecule has 0 saturated carbocycles. The van der Waals surface area contributed by atoms with Gasteiger partial charge in [-0.25, -0.2) is 4.79 Å². The average Bonchev–Trinajstić information content (AvgIpc) is 1.94. The van der Waals surface area contributed by atoms with Crippen LogP contribution in [0.2, 0.25) is 0 Å². The summed E-state index contributed by atoms with van der Waals surface area (Å²) in [6.45, 7) is 0. The molecule has 66 valence electrons. The second-order valence-corrected chi connectivity index (χ2v) is 2.51. The Bertz CT molecular complexity index is 274. The molecule has 5 nitrogen and oxygen atoms in total. The van der Waals surface area contributed by atoms with Gasteiger partial charge in [-0.05, 0) is 12.2 Å². The van der Waals surface area contributed by atoms with Gasteiger partial charge >= 0.3 is 5.97 Å². The molecule has 0 fully saturated rings. The van der Waals surface area contributed by atoms with E-state index in [1.807, 2.05) is 0 Å². The molecule has 1 aliphatic rings. The van der Waals surface area contributed by atoms with Crippen molar-refractivity contribution in [3.8, 4) is 0 Å². The Labute approximate surface area is 67.9 Å². The van der Waals surface area contributed by atoms with Crippen LogP contribution in [0.15, 0.2) is 23.5 Å². The molecular formula is C7H8O5. The van der Waals surface area contributed by atoms with Crippen LogP contribution in [0, 0.1) is 0 Å². The van der Waals surface area contributed by atoms with Crippen molar-refractivity contribution in [1.82, 2.24) is 0 Å². The first kappa shape index (κ1) is 8.76. The SMILES string of the molecule is O=C(O)C1=CC(O)=CCC1(O)O. The van der Waals surface area contributed by atoms with Crippen molar-refractivity contribution < 1.29 is 25.2 Å². The summed E-state index contributed by atoms with van der Waals surface area (Å²) >= 11 is 0. The van der Waals surface area contributed by atoms with E-state index in [9.17, 15) is 4.79 Å². The van der Waals surface area contributed by atoms with E-state index >= 15 is 0 Å². The predicted molar refractivity (Wildman–Crippen MR) is 38.2 cm³/mol. The van der Waals surface area contributed by atoms with Crippen LogP contribution in [0.4, 0.5) is 0 Å². The number of carbonyl (C=O) groups is 1. The normalized spacial score (nSPS) is 21.2. The van der Waals surface area contributed by atoms with Crippen LogP contribution in [-0.2, 0) is 4.79 Å². The van der Waals surface area contributed by atoms with E-state index < -0.39 is 17.3 Å². The molecule has 0 atom stereocenters. The monoisotopic (exact) mass is 172 g/mol. The molecule has 0 saturated heterocycles. The van der Waals surface area contributed by atoms with E-state index in [2.05, 4.69) is 0 Å². The van der Waals surface area contributed by atoms with Crippen molar-refractivity contribution in [3.05, 3.63) is 23.5 Å². The van der Waals surface area contributed by atoms with Crippen molar-refractivity contribution in [3.63, 3.8) is 0 Å². The van der Waals surface area contributed by atoms with E-state index in [4.69, 9.17) is 20.4 Å². The number of aliphatic hydroxyl groups is 3. The largest absolute Gasteiger partial charge is 0.508 e. The molecule has 1 aliphatic carbocycles. The molecule has 0 bridgehead atoms. The van der Waals surface area contributed by atoms with E-state index in [1.54, 1.807) is 0 Å². The van der Waals surface area contributed by atoms with Gasteiger partial charge in [0, 0.05) is 6.42 Å². The molecule has 0 heterocycles. The van der Waals surface area contributed by atoms with Crippen LogP contribution in [0.3, 0.4) is 0 Å². The van der Waals surface area contributed by atoms with Crippen LogP contribution in [0.1, 0.15) is 6.42 Å². The van der Waals surface area contributed by atoms with Crippen molar-refractivity contribution in [1.29, 1.82) is 0 Å². The minimum atomic E-state index is -2.38. The maximum Gasteiger partial charge on any atom is 0.337 e. The van der Waals surface area contributed by atoms with Gasteiger partial charge in [0.25, 0.3) is 0 Å². The molecule has 12 heavy (non-hydrogen) atoms. The fourth-order valence-electron chi connectivity index (χ4n) is 0.912. The summed E-state index contributed by atoms with van der Waals surface area (Å²) in [5.74, 6) is -4.11. The first-order valence-electron chi connectivity index (χ1n) is 3.23. The van der Waals surface area contributed by atoms with Crippen LogP contribution in [0.5, 0.6) is 0 Å². The molecular weight excluding hydrogens is 164 g/mol. The van der Waals surface area contributed by atoms with Gasteiger partial charge in [0.15, 0.2) is 0 Å². The minimum absolute atomic E-state index is 0.272. The third-order valence-corrected chi connectivity index (χ3v) is 1.55. The zero-order valence-electron chi connectivity index (χ0n) is 6.06. The molecule has 0 aromatic heterocycles. The average molecular weight is 172 g/mol. The Balaban J connectivity index is 3.05. The number of aliphatic hydroxyl groups excluding tert-OH is 1. The van der Waals surface area contributed by atoms with E-state index in [-0.39, 0.29) is 12.2 Å². The topological polar surface area (TPSA) is 98.0 Å². The van der Waals surface area contributed by atoms with Crippen molar-refractivity contribution in [2.24, 2.45) is 0 Å². The first-order chi connectivity index (χ1) is 5.43. The highest BCUT2D eigenvalue weighted by atomic mass is 16.5. The number of carboxylic acid groups (broad SMARTS) is 1. The molecule has 1 rings (SSSR count). The van der Waals surface area contributed by atoms with Crippen LogP contribution < -0.4 is 0 Å². The maximum atomic E-state index is 10.4. The van der Waals surface area contributed by atoms with Gasteiger partial charge < -0.3 is 20.4 Å². The standard InChI is InChI=1S/C7H8O5/c8-4-1-2-7(11,12)5(3-4)6(9)10/h1,3,8,11-12H,2H2,(H,9,10). The summed E-state index contributed by atoms with van der Waals surface area (Å²) in [5, 5.41) is 35.5. The number of hydrogen-bond donors (Lipinski definition) is 4. The van der Waals surface area contributed by atoms with Gasteiger partial charge in [0.05, 0.1) is 5.57 Å². The molecule has 4 N–H and O–H groups in total. The summed E-state index contributed by atoms with van der Waals surface area (Å²) in [6.07, 6.45) is 1.62. The van der Waals surface area contributed by atoms with Gasteiger partial charge in [0.2, 0.25) is 5.79 Å². The smallest absolute Gasteiger partial charge is 0.337 e. The number of rotatable bonds is 1. The summed E-state index contributed by atoms with van der Waals surface area (Å²) in [7, 11) is 0. The zero-order valence-corrected chi connectivity index (χ0v) is 6.06. The Morgan fingerprint density at radius 3 is 2.50 bits per heavy atom. The summed E-state index contributed by atoms with van der Waals surface area (Å²) in [4.78, 5) is 10.4. The Kier molecular flexibility index (Phi) is 1.91. The summed E-state index contributed by atoms with van der Waals surface area (Å²) < 4.78 is 0. The van der Waals surface area contributed by atoms with Crippen molar-refractivity contribution in [2.45, 2.75) is 12.2 Å². The van der Waals surface area contributed by atoms with Crippen LogP contribution in [-0.4, -0.2) is 32.2 Å². The van der Waals surface area contributed by atoms with Crippen LogP contribution >= 0.6 is 0 Å². The number of carboxylic acids is 1. The van der Waals surface area contributed by atoms with Gasteiger partial charge in [-0.15, -0.1) is 0 Å². The number of allylic oxidation sites excluding steroid dienone is 1. The second kappa shape index (κ2) is 2.62. The summed E-state index contributed by atoms with van der Waals surface area (Å²) in [5.41, 5.74) is -0.623. The zero-order chi connectivity index (χ0) is 9.35. The minimum Gasteiger partial charge on any atom is -0.508 e. The number of aliphatic carboxylic acids is 1. The van der Waals surface area contributed by atoms with Gasteiger partial charge in [0.1, 0.15) is 5.76 Å². The lowest BCUT2D eigenvalue weighted by Crippen LogP contribution is -2.35. The predicted octanol–water partition coefficient (Wildman–Crippen LogP) is -0.476. The van der Waals surface area contributed by atoms with Crippen molar-refractivity contribution in [2.75, 3.05) is 0 Å². The quantitative estimate of drug-likeness (QED) is 0.400. The molecule has 0 aromatic carbocycles. The summed E-state index contributed by atoms with van der Waals surface area (Å²) in [6, 6.07) is 0. The molecule has 5 heteroatoms. The molecule has 0 radical (unpaired) electrons. The Hall–Kier alpha value is -1.33. The van der Waals surface area contributed by atoms with Gasteiger partial charge in [-0.3, -0.25) is 0 Å². The molecule has 0 aromatic rings. The third kappa shape index (κ3) is 1.46. The molecule has 0 amide bonds. The molecule has 0 unspecified atom stereocenters. The lowest BCUT2D eigenvalue weighted by molar-refractivity contribution is -0.153. The van der Waals surface area contributed by atoms with E-state index in [1.165, 1.54) is 0 Å². The van der Waals surface area contributed by atoms with Crippen LogP contribution in [0.25, 0.3) is 0 Å². The van der Waals surface area contributed by atoms with Gasteiger partial charge in [-0.1, -0.05) is 0 Å². The highest BCUT2D eigenvalue weighted by Crippen LogP contribution is 2.24. The fraction of sp³-hybridized carbons (Fsp3) is 0.286. The lowest BCUT2D eigenvalue weighted by atomic mass is 9.97. The van der Waals surface area contributed by atoms with Crippen molar-refractivity contribution >= 4 is 5.97 Å². The maximum absolute atomic E-state index is 10.4. The lowest BCUT2D eigenvalue weighted by Gasteiger charge is -2.23. The highest BCUT2D eigenvalue weighted by Gasteiger charge is 2.35. The van der Waals surface area contributed by atoms with E-state index in [0.29, 0.717) is 0 Å². The first-order valence-corrected chi connectivity index (χ1v) is 3.23. The highest BCUT2D eigenvalue weighted by molar-refractivity contribution is 5.89. The molecule has 0 spiro atoms. The van der Waals surface area contributed by atoms with E-state index in [0.717, 1.165) is 12.2 Å². The third-order valence-electron chi connectivity index (χ3n) is 1.55.